The van der Waals surface area contributed by atoms with Crippen LogP contribution in [0, 0.1) is 0 Å². The Hall–Kier alpha value is -2.63. The highest BCUT2D eigenvalue weighted by Gasteiger charge is 2.03. The summed E-state index contributed by atoms with van der Waals surface area (Å²) < 4.78 is 6.82. The highest BCUT2D eigenvalue weighted by molar-refractivity contribution is 5.57. The number of rotatable bonds is 3. The predicted molar refractivity (Wildman–Crippen MR) is 67.1 cm³/mol. The van der Waals surface area contributed by atoms with Gasteiger partial charge < -0.3 is 10.1 Å². The van der Waals surface area contributed by atoms with Gasteiger partial charge in [0.25, 0.3) is 0 Å². The van der Waals surface area contributed by atoms with Crippen LogP contribution in [0.25, 0.3) is 5.65 Å². The fourth-order valence-electron chi connectivity index (χ4n) is 1.63. The quantitative estimate of drug-likeness (QED) is 0.758. The van der Waals surface area contributed by atoms with Crippen molar-refractivity contribution in [2.45, 2.75) is 0 Å². The van der Waals surface area contributed by atoms with Gasteiger partial charge in [-0.25, -0.2) is 4.52 Å². The molecule has 0 atom stereocenters. The van der Waals surface area contributed by atoms with E-state index in [4.69, 9.17) is 4.74 Å². The van der Waals surface area contributed by atoms with Gasteiger partial charge in [0.15, 0.2) is 5.65 Å². The first kappa shape index (κ1) is 10.5. The number of fused-ring (bicyclic) bond motifs is 1. The minimum absolute atomic E-state index is 0.524. The summed E-state index contributed by atoms with van der Waals surface area (Å²) in [5.41, 5.74) is 1.57. The molecule has 0 unspecified atom stereocenters. The zero-order valence-corrected chi connectivity index (χ0v) is 9.74. The molecule has 18 heavy (non-hydrogen) atoms. The van der Waals surface area contributed by atoms with Crippen molar-refractivity contribution in [1.29, 1.82) is 0 Å². The maximum atomic E-state index is 5.16. The van der Waals surface area contributed by atoms with Crippen LogP contribution in [-0.4, -0.2) is 26.7 Å². The molecule has 0 radical (unpaired) electrons. The normalized spacial score (nSPS) is 10.5. The first-order chi connectivity index (χ1) is 8.85. The minimum Gasteiger partial charge on any atom is -0.497 e. The maximum Gasteiger partial charge on any atom is 0.247 e. The lowest BCUT2D eigenvalue weighted by Gasteiger charge is -2.03. The minimum atomic E-state index is 0.524. The van der Waals surface area contributed by atoms with Crippen LogP contribution in [0.15, 0.2) is 42.9 Å². The zero-order chi connectivity index (χ0) is 12.4. The van der Waals surface area contributed by atoms with Crippen molar-refractivity contribution in [1.82, 2.24) is 19.6 Å². The fraction of sp³-hybridized carbons (Fsp3) is 0.0833. The molecule has 3 aromatic rings. The van der Waals surface area contributed by atoms with E-state index >= 15 is 0 Å². The van der Waals surface area contributed by atoms with Crippen LogP contribution in [0.2, 0.25) is 0 Å². The highest BCUT2D eigenvalue weighted by Crippen LogP contribution is 2.19. The van der Waals surface area contributed by atoms with Gasteiger partial charge in [0.2, 0.25) is 5.95 Å². The van der Waals surface area contributed by atoms with E-state index in [0.717, 1.165) is 11.4 Å². The molecule has 1 N–H and O–H groups in total. The highest BCUT2D eigenvalue weighted by atomic mass is 16.5. The standard InChI is InChI=1S/C12H11N5O/c1-18-10-4-2-3-9(7-10)14-12-15-11-8-13-5-6-17(11)16-12/h2-8H,1H3,(H,14,16). The van der Waals surface area contributed by atoms with Crippen LogP contribution in [0.1, 0.15) is 0 Å². The number of nitrogens with zero attached hydrogens (tertiary/aromatic N) is 4. The van der Waals surface area contributed by atoms with Crippen LogP contribution < -0.4 is 10.1 Å². The van der Waals surface area contributed by atoms with Gasteiger partial charge in [0.05, 0.1) is 13.3 Å². The summed E-state index contributed by atoms with van der Waals surface area (Å²) in [7, 11) is 1.63. The molecule has 0 fully saturated rings. The average Bonchev–Trinajstić information content (AvgIpc) is 2.81. The molecule has 0 aliphatic heterocycles. The number of methoxy groups -OCH3 is 1. The lowest BCUT2D eigenvalue weighted by atomic mass is 10.3. The summed E-state index contributed by atoms with van der Waals surface area (Å²) in [6, 6.07) is 7.58. The Morgan fingerprint density at radius 3 is 3.11 bits per heavy atom. The van der Waals surface area contributed by atoms with Crippen molar-refractivity contribution >= 4 is 17.3 Å². The Balaban J connectivity index is 1.91. The van der Waals surface area contributed by atoms with E-state index in [1.54, 1.807) is 30.2 Å². The molecule has 0 saturated heterocycles. The molecule has 0 aliphatic rings. The van der Waals surface area contributed by atoms with E-state index in [2.05, 4.69) is 20.4 Å². The fourth-order valence-corrected chi connectivity index (χ4v) is 1.63. The molecule has 0 spiro atoms. The molecule has 0 saturated carbocycles. The monoisotopic (exact) mass is 241 g/mol. The molecule has 0 amide bonds. The van der Waals surface area contributed by atoms with Crippen molar-refractivity contribution in [3.05, 3.63) is 42.9 Å². The van der Waals surface area contributed by atoms with Gasteiger partial charge in [-0.15, -0.1) is 5.10 Å². The summed E-state index contributed by atoms with van der Waals surface area (Å²) in [6.45, 7) is 0. The average molecular weight is 241 g/mol. The second-order valence-electron chi connectivity index (χ2n) is 3.67. The van der Waals surface area contributed by atoms with Crippen molar-refractivity contribution < 1.29 is 4.74 Å². The van der Waals surface area contributed by atoms with Crippen molar-refractivity contribution in [2.75, 3.05) is 12.4 Å². The SMILES string of the molecule is COc1cccc(Nc2nc3cnccn3n2)c1. The third-order valence-corrected chi connectivity index (χ3v) is 2.47. The van der Waals surface area contributed by atoms with E-state index in [-0.39, 0.29) is 0 Å². The summed E-state index contributed by atoms with van der Waals surface area (Å²) in [6.07, 6.45) is 5.07. The lowest BCUT2D eigenvalue weighted by molar-refractivity contribution is 0.415. The predicted octanol–water partition coefficient (Wildman–Crippen LogP) is 1.88. The molecule has 6 heteroatoms. The molecular weight excluding hydrogens is 230 g/mol. The van der Waals surface area contributed by atoms with E-state index in [0.29, 0.717) is 11.6 Å². The molecule has 3 rings (SSSR count). The molecular formula is C12H11N5O. The Morgan fingerprint density at radius 1 is 1.33 bits per heavy atom. The number of ether oxygens (including phenoxy) is 1. The lowest BCUT2D eigenvalue weighted by Crippen LogP contribution is -1.93. The van der Waals surface area contributed by atoms with Gasteiger partial charge in [-0.1, -0.05) is 6.07 Å². The Morgan fingerprint density at radius 2 is 2.28 bits per heavy atom. The third-order valence-electron chi connectivity index (χ3n) is 2.47. The smallest absolute Gasteiger partial charge is 0.247 e. The Labute approximate surface area is 103 Å². The number of hydrogen-bond acceptors (Lipinski definition) is 5. The van der Waals surface area contributed by atoms with Gasteiger partial charge in [-0.05, 0) is 12.1 Å². The van der Waals surface area contributed by atoms with Gasteiger partial charge >= 0.3 is 0 Å². The molecule has 2 aromatic heterocycles. The van der Waals surface area contributed by atoms with Crippen LogP contribution in [0.5, 0.6) is 5.75 Å². The summed E-state index contributed by atoms with van der Waals surface area (Å²) >= 11 is 0. The molecule has 90 valence electrons. The Bertz CT molecular complexity index is 646. The van der Waals surface area contributed by atoms with Crippen molar-refractivity contribution in [2.24, 2.45) is 0 Å². The molecule has 0 bridgehead atoms. The van der Waals surface area contributed by atoms with Gasteiger partial charge in [-0.2, -0.15) is 4.98 Å². The molecule has 1 aromatic carbocycles. The van der Waals surface area contributed by atoms with Crippen molar-refractivity contribution in [3.8, 4) is 5.75 Å². The van der Waals surface area contributed by atoms with E-state index in [1.807, 2.05) is 24.3 Å². The summed E-state index contributed by atoms with van der Waals surface area (Å²) in [4.78, 5) is 8.29. The summed E-state index contributed by atoms with van der Waals surface area (Å²) in [5, 5.41) is 7.39. The van der Waals surface area contributed by atoms with Crippen LogP contribution in [0.4, 0.5) is 11.6 Å². The third kappa shape index (κ3) is 1.95. The van der Waals surface area contributed by atoms with Crippen molar-refractivity contribution in [3.63, 3.8) is 0 Å². The topological polar surface area (TPSA) is 64.3 Å². The first-order valence-corrected chi connectivity index (χ1v) is 5.42. The molecule has 2 heterocycles. The van der Waals surface area contributed by atoms with Gasteiger partial charge in [0, 0.05) is 24.1 Å². The zero-order valence-electron chi connectivity index (χ0n) is 9.74. The van der Waals surface area contributed by atoms with Crippen LogP contribution in [-0.2, 0) is 0 Å². The number of anilines is 2. The second kappa shape index (κ2) is 4.33. The van der Waals surface area contributed by atoms with Crippen LogP contribution in [0.3, 0.4) is 0 Å². The Kier molecular flexibility index (Phi) is 2.53. The van der Waals surface area contributed by atoms with E-state index in [9.17, 15) is 0 Å². The summed E-state index contributed by atoms with van der Waals surface area (Å²) in [5.74, 6) is 1.31. The van der Waals surface area contributed by atoms with Gasteiger partial charge in [-0.3, -0.25) is 4.98 Å². The van der Waals surface area contributed by atoms with E-state index in [1.165, 1.54) is 0 Å². The number of aromatic nitrogens is 4. The van der Waals surface area contributed by atoms with E-state index < -0.39 is 0 Å². The number of benzene rings is 1. The first-order valence-electron chi connectivity index (χ1n) is 5.42. The largest absolute Gasteiger partial charge is 0.497 e. The number of hydrogen-bond donors (Lipinski definition) is 1. The molecule has 0 aliphatic carbocycles. The number of nitrogens with one attached hydrogen (secondary N) is 1. The van der Waals surface area contributed by atoms with Crippen LogP contribution >= 0.6 is 0 Å². The molecule has 6 nitrogen and oxygen atoms in total. The second-order valence-corrected chi connectivity index (χ2v) is 3.67. The maximum absolute atomic E-state index is 5.16. The van der Waals surface area contributed by atoms with Gasteiger partial charge in [0.1, 0.15) is 5.75 Å².